The molecule has 0 aromatic heterocycles. The molecular weight excluding hydrogens is 382 g/mol. The third kappa shape index (κ3) is 6.53. The summed E-state index contributed by atoms with van der Waals surface area (Å²) in [4.78, 5) is 33.9. The van der Waals surface area contributed by atoms with Gasteiger partial charge in [0.2, 0.25) is 5.91 Å². The number of hydrogen-bond donors (Lipinski definition) is 2. The van der Waals surface area contributed by atoms with E-state index in [1.807, 2.05) is 0 Å². The lowest BCUT2D eigenvalue weighted by Gasteiger charge is -2.21. The van der Waals surface area contributed by atoms with E-state index in [9.17, 15) is 19.7 Å². The van der Waals surface area contributed by atoms with Crippen molar-refractivity contribution in [2.45, 2.75) is 45.3 Å². The number of ether oxygens (including phenoxy) is 1. The van der Waals surface area contributed by atoms with Crippen molar-refractivity contribution in [3.63, 3.8) is 0 Å². The van der Waals surface area contributed by atoms with Crippen LogP contribution in [0.2, 0.25) is 0 Å². The highest BCUT2D eigenvalue weighted by Crippen LogP contribution is 2.29. The summed E-state index contributed by atoms with van der Waals surface area (Å²) >= 11 is 3.15. The van der Waals surface area contributed by atoms with Crippen LogP contribution in [0.4, 0.5) is 11.4 Å². The van der Waals surface area contributed by atoms with Gasteiger partial charge in [0.1, 0.15) is 17.3 Å². The summed E-state index contributed by atoms with van der Waals surface area (Å²) in [6.07, 6.45) is 0.0274. The van der Waals surface area contributed by atoms with Crippen molar-refractivity contribution in [1.29, 1.82) is 0 Å². The lowest BCUT2D eigenvalue weighted by Crippen LogP contribution is -2.36. The second kappa shape index (κ2) is 8.09. The SMILES string of the molecule is CC(C)(C)OC(=O)CC[C@H](Nc1ccc(Br)cc1[N+](=O)[O-])C(N)=O. The molecule has 132 valence electrons. The van der Waals surface area contributed by atoms with Crippen LogP contribution < -0.4 is 11.1 Å². The van der Waals surface area contributed by atoms with Crippen LogP contribution in [0, 0.1) is 10.1 Å². The topological polar surface area (TPSA) is 125 Å². The van der Waals surface area contributed by atoms with Crippen molar-refractivity contribution in [3.05, 3.63) is 32.8 Å². The van der Waals surface area contributed by atoms with Gasteiger partial charge in [0.15, 0.2) is 0 Å². The normalized spacial score (nSPS) is 12.3. The minimum atomic E-state index is -0.933. The number of carbonyl (C=O) groups is 2. The van der Waals surface area contributed by atoms with Crippen LogP contribution in [0.1, 0.15) is 33.6 Å². The molecular formula is C15H20BrN3O5. The molecule has 0 aliphatic carbocycles. The molecule has 0 aliphatic heterocycles. The number of nitrogens with two attached hydrogens (primary N) is 1. The van der Waals surface area contributed by atoms with E-state index in [0.29, 0.717) is 4.47 Å². The van der Waals surface area contributed by atoms with Gasteiger partial charge in [-0.1, -0.05) is 15.9 Å². The fraction of sp³-hybridized carbons (Fsp3) is 0.467. The molecule has 1 amide bonds. The molecule has 0 saturated heterocycles. The number of hydrogen-bond acceptors (Lipinski definition) is 6. The van der Waals surface area contributed by atoms with E-state index in [1.54, 1.807) is 26.8 Å². The van der Waals surface area contributed by atoms with Crippen molar-refractivity contribution in [2.24, 2.45) is 5.73 Å². The summed E-state index contributed by atoms with van der Waals surface area (Å²) in [6.45, 7) is 5.21. The average molecular weight is 402 g/mol. The number of nitro groups is 1. The van der Waals surface area contributed by atoms with E-state index in [-0.39, 0.29) is 24.2 Å². The third-order valence-electron chi connectivity index (χ3n) is 2.89. The fourth-order valence-corrected chi connectivity index (χ4v) is 2.25. The molecule has 0 spiro atoms. The predicted octanol–water partition coefficient (Wildman–Crippen LogP) is 2.75. The average Bonchev–Trinajstić information content (AvgIpc) is 2.42. The van der Waals surface area contributed by atoms with Gasteiger partial charge < -0.3 is 15.8 Å². The molecule has 0 aliphatic rings. The van der Waals surface area contributed by atoms with Gasteiger partial charge in [-0.2, -0.15) is 0 Å². The molecule has 8 nitrogen and oxygen atoms in total. The summed E-state index contributed by atoms with van der Waals surface area (Å²) < 4.78 is 5.69. The van der Waals surface area contributed by atoms with Crippen molar-refractivity contribution < 1.29 is 19.2 Å². The predicted molar refractivity (Wildman–Crippen MR) is 92.5 cm³/mol. The summed E-state index contributed by atoms with van der Waals surface area (Å²) in [7, 11) is 0. The monoisotopic (exact) mass is 401 g/mol. The van der Waals surface area contributed by atoms with E-state index in [2.05, 4.69) is 21.2 Å². The smallest absolute Gasteiger partial charge is 0.306 e. The zero-order chi connectivity index (χ0) is 18.5. The first kappa shape index (κ1) is 19.9. The van der Waals surface area contributed by atoms with E-state index in [1.165, 1.54) is 12.1 Å². The number of halogens is 1. The highest BCUT2D eigenvalue weighted by molar-refractivity contribution is 9.10. The quantitative estimate of drug-likeness (QED) is 0.411. The van der Waals surface area contributed by atoms with E-state index < -0.39 is 28.4 Å². The molecule has 0 bridgehead atoms. The number of esters is 1. The number of benzene rings is 1. The highest BCUT2D eigenvalue weighted by Gasteiger charge is 2.23. The second-order valence-corrected chi connectivity index (χ2v) is 7.06. The molecule has 1 aromatic carbocycles. The highest BCUT2D eigenvalue weighted by atomic mass is 79.9. The minimum Gasteiger partial charge on any atom is -0.460 e. The largest absolute Gasteiger partial charge is 0.460 e. The number of amides is 1. The van der Waals surface area contributed by atoms with Crippen LogP contribution in [0.25, 0.3) is 0 Å². The number of primary amides is 1. The van der Waals surface area contributed by atoms with Crippen LogP contribution in [-0.4, -0.2) is 28.4 Å². The first-order valence-corrected chi connectivity index (χ1v) is 8.00. The van der Waals surface area contributed by atoms with Gasteiger partial charge in [-0.15, -0.1) is 0 Å². The molecule has 24 heavy (non-hydrogen) atoms. The summed E-state index contributed by atoms with van der Waals surface area (Å²) in [5, 5.41) is 13.8. The Kier molecular flexibility index (Phi) is 6.70. The zero-order valence-electron chi connectivity index (χ0n) is 13.7. The molecule has 0 heterocycles. The first-order valence-electron chi connectivity index (χ1n) is 7.21. The number of carbonyl (C=O) groups excluding carboxylic acids is 2. The van der Waals surface area contributed by atoms with Gasteiger partial charge in [-0.3, -0.25) is 19.7 Å². The van der Waals surface area contributed by atoms with E-state index >= 15 is 0 Å². The molecule has 0 saturated carbocycles. The second-order valence-electron chi connectivity index (χ2n) is 6.14. The molecule has 9 heteroatoms. The van der Waals surface area contributed by atoms with Crippen molar-refractivity contribution in [1.82, 2.24) is 0 Å². The van der Waals surface area contributed by atoms with Gasteiger partial charge >= 0.3 is 5.97 Å². The Labute approximate surface area is 148 Å². The molecule has 0 radical (unpaired) electrons. The fourth-order valence-electron chi connectivity index (χ4n) is 1.91. The summed E-state index contributed by atoms with van der Waals surface area (Å²) in [6, 6.07) is 3.44. The lowest BCUT2D eigenvalue weighted by atomic mass is 10.1. The number of anilines is 1. The Morgan fingerprint density at radius 2 is 2.04 bits per heavy atom. The molecule has 1 aromatic rings. The molecule has 3 N–H and O–H groups in total. The van der Waals surface area contributed by atoms with Crippen molar-refractivity contribution in [2.75, 3.05) is 5.32 Å². The maximum atomic E-state index is 11.7. The zero-order valence-corrected chi connectivity index (χ0v) is 15.3. The van der Waals surface area contributed by atoms with Gasteiger partial charge in [0.05, 0.1) is 4.92 Å². The Morgan fingerprint density at radius 3 is 2.54 bits per heavy atom. The Bertz CT molecular complexity index is 642. The van der Waals surface area contributed by atoms with Gasteiger partial charge in [-0.05, 0) is 39.3 Å². The lowest BCUT2D eigenvalue weighted by molar-refractivity contribution is -0.384. The Hall–Kier alpha value is -2.16. The number of nitro benzene ring substituents is 1. The van der Waals surface area contributed by atoms with Crippen LogP contribution >= 0.6 is 15.9 Å². The van der Waals surface area contributed by atoms with Crippen LogP contribution in [-0.2, 0) is 14.3 Å². The standard InChI is InChI=1S/C15H20BrN3O5/c1-15(2,3)24-13(20)7-6-11(14(17)21)18-10-5-4-9(16)8-12(10)19(22)23/h4-5,8,11,18H,6-7H2,1-3H3,(H2,17,21)/t11-/m0/s1. The van der Waals surface area contributed by atoms with Gasteiger partial charge in [-0.25, -0.2) is 0 Å². The third-order valence-corrected chi connectivity index (χ3v) is 3.38. The number of nitrogens with one attached hydrogen (secondary N) is 1. The Balaban J connectivity index is 2.83. The minimum absolute atomic E-state index is 0.0395. The van der Waals surface area contributed by atoms with E-state index in [4.69, 9.17) is 10.5 Å². The maximum absolute atomic E-state index is 11.7. The van der Waals surface area contributed by atoms with Gasteiger partial charge in [0.25, 0.3) is 5.69 Å². The van der Waals surface area contributed by atoms with Crippen LogP contribution in [0.15, 0.2) is 22.7 Å². The Morgan fingerprint density at radius 1 is 1.42 bits per heavy atom. The maximum Gasteiger partial charge on any atom is 0.306 e. The number of nitrogens with zero attached hydrogens (tertiary/aromatic N) is 1. The summed E-state index contributed by atoms with van der Waals surface area (Å²) in [5.74, 6) is -1.18. The van der Waals surface area contributed by atoms with Crippen LogP contribution in [0.5, 0.6) is 0 Å². The van der Waals surface area contributed by atoms with Crippen molar-refractivity contribution >= 4 is 39.2 Å². The van der Waals surface area contributed by atoms with Crippen LogP contribution in [0.3, 0.4) is 0 Å². The first-order chi connectivity index (χ1) is 11.0. The van der Waals surface area contributed by atoms with Crippen molar-refractivity contribution in [3.8, 4) is 0 Å². The molecule has 0 fully saturated rings. The molecule has 0 unspecified atom stereocenters. The molecule has 1 atom stereocenters. The van der Waals surface area contributed by atoms with Gasteiger partial charge in [0, 0.05) is 17.0 Å². The summed E-state index contributed by atoms with van der Waals surface area (Å²) in [5.41, 5.74) is 4.64. The van der Waals surface area contributed by atoms with E-state index in [0.717, 1.165) is 0 Å². The number of rotatable bonds is 7. The molecule has 1 rings (SSSR count).